The van der Waals surface area contributed by atoms with Gasteiger partial charge in [0, 0.05) is 11.1 Å². The van der Waals surface area contributed by atoms with E-state index in [9.17, 15) is 0 Å². The van der Waals surface area contributed by atoms with E-state index in [0.29, 0.717) is 5.41 Å². The van der Waals surface area contributed by atoms with Crippen molar-refractivity contribution in [1.29, 1.82) is 0 Å². The molecule has 3 rings (SSSR count). The minimum Gasteiger partial charge on any atom is -0.230 e. The summed E-state index contributed by atoms with van der Waals surface area (Å²) in [7, 11) is 0. The van der Waals surface area contributed by atoms with Crippen LogP contribution in [0, 0.1) is 5.41 Å². The first-order valence-corrected chi connectivity index (χ1v) is 10.3. The van der Waals surface area contributed by atoms with Crippen molar-refractivity contribution in [2.24, 2.45) is 5.41 Å². The molecule has 0 radical (unpaired) electrons. The first-order valence-electron chi connectivity index (χ1n) is 7.36. The lowest BCUT2D eigenvalue weighted by Crippen LogP contribution is -2.24. The summed E-state index contributed by atoms with van der Waals surface area (Å²) in [4.78, 5) is 4.75. The lowest BCUT2D eigenvalue weighted by atomic mass is 9.85. The van der Waals surface area contributed by atoms with Crippen LogP contribution in [0.15, 0.2) is 28.6 Å². The number of alkyl halides is 1. The zero-order valence-electron chi connectivity index (χ0n) is 11.6. The van der Waals surface area contributed by atoms with Crippen molar-refractivity contribution in [3.8, 4) is 0 Å². The molecule has 1 aromatic heterocycles. The maximum atomic E-state index is 4.75. The second kappa shape index (κ2) is 6.80. The normalized spacial score (nSPS) is 19.1. The summed E-state index contributed by atoms with van der Waals surface area (Å²) in [5.41, 5.74) is 1.63. The van der Waals surface area contributed by atoms with Gasteiger partial charge in [-0.05, 0) is 30.4 Å². The highest BCUT2D eigenvalue weighted by Crippen LogP contribution is 2.42. The van der Waals surface area contributed by atoms with Crippen LogP contribution >= 0.6 is 39.0 Å². The predicted molar refractivity (Wildman–Crippen MR) is 94.3 cm³/mol. The number of halogens is 1. The van der Waals surface area contributed by atoms with Gasteiger partial charge < -0.3 is 0 Å². The molecular weight excluding hydrogens is 350 g/mol. The predicted octanol–water partition coefficient (Wildman–Crippen LogP) is 6.12. The number of rotatable bonds is 4. The summed E-state index contributed by atoms with van der Waals surface area (Å²) in [6.07, 6.45) is 8.37. The number of thiazole rings is 1. The van der Waals surface area contributed by atoms with Gasteiger partial charge in [-0.1, -0.05) is 65.5 Å². The van der Waals surface area contributed by atoms with Crippen LogP contribution < -0.4 is 0 Å². The topological polar surface area (TPSA) is 12.9 Å². The second-order valence-electron chi connectivity index (χ2n) is 5.78. The number of nitrogens with zero attached hydrogens (tertiary/aromatic N) is 1. The number of aromatic nitrogens is 1. The molecule has 0 spiro atoms. The molecule has 108 valence electrons. The number of hydrogen-bond acceptors (Lipinski definition) is 3. The fraction of sp³-hybridized carbons (Fsp3) is 0.562. The van der Waals surface area contributed by atoms with Gasteiger partial charge in [0.1, 0.15) is 0 Å². The molecule has 1 fully saturated rings. The number of benzene rings is 1. The van der Waals surface area contributed by atoms with E-state index in [1.54, 1.807) is 0 Å². The maximum absolute atomic E-state index is 4.75. The van der Waals surface area contributed by atoms with Crippen LogP contribution in [0.25, 0.3) is 10.2 Å². The number of para-hydroxylation sites is 1. The third-order valence-electron chi connectivity index (χ3n) is 4.22. The Labute approximate surface area is 137 Å². The minimum absolute atomic E-state index is 0.485. The molecule has 1 nitrogen and oxygen atoms in total. The maximum Gasteiger partial charge on any atom is 0.151 e. The zero-order chi connectivity index (χ0) is 13.8. The lowest BCUT2D eigenvalue weighted by Gasteiger charge is -2.29. The average Bonchev–Trinajstić information content (AvgIpc) is 2.75. The molecule has 0 saturated heterocycles. The molecule has 0 aliphatic heterocycles. The minimum atomic E-state index is 0.485. The standard InChI is InChI=1S/C16H20BrNS2/c17-11-16(9-5-1-2-6-10-16)12-19-15-18-13-7-3-4-8-14(13)20-15/h3-4,7-8H,1-2,5-6,9-12H2. The lowest BCUT2D eigenvalue weighted by molar-refractivity contribution is 0.334. The Kier molecular flexibility index (Phi) is 5.05. The molecular formula is C16H20BrNS2. The second-order valence-corrected chi connectivity index (χ2v) is 8.60. The SMILES string of the molecule is BrCC1(CSc2nc3ccccc3s2)CCCCCC1. The first kappa shape index (κ1) is 14.9. The van der Waals surface area contributed by atoms with Crippen molar-refractivity contribution in [3.05, 3.63) is 24.3 Å². The molecule has 1 saturated carbocycles. The van der Waals surface area contributed by atoms with Crippen molar-refractivity contribution >= 4 is 49.2 Å². The zero-order valence-corrected chi connectivity index (χ0v) is 14.8. The molecule has 1 aromatic carbocycles. The van der Waals surface area contributed by atoms with Crippen molar-refractivity contribution in [1.82, 2.24) is 4.98 Å². The van der Waals surface area contributed by atoms with Crippen LogP contribution in [-0.4, -0.2) is 16.1 Å². The van der Waals surface area contributed by atoms with Crippen molar-refractivity contribution in [2.75, 3.05) is 11.1 Å². The van der Waals surface area contributed by atoms with E-state index in [2.05, 4.69) is 40.2 Å². The fourth-order valence-corrected chi connectivity index (χ4v) is 6.31. The van der Waals surface area contributed by atoms with Crippen LogP contribution in [-0.2, 0) is 0 Å². The Balaban J connectivity index is 1.70. The molecule has 0 unspecified atom stereocenters. The molecule has 1 heterocycles. The summed E-state index contributed by atoms with van der Waals surface area (Å²) in [6.45, 7) is 0. The average molecular weight is 370 g/mol. The van der Waals surface area contributed by atoms with Gasteiger partial charge in [-0.25, -0.2) is 4.98 Å². The van der Waals surface area contributed by atoms with E-state index in [0.717, 1.165) is 10.8 Å². The Hall–Kier alpha value is -0.0600. The van der Waals surface area contributed by atoms with E-state index in [1.165, 1.54) is 53.3 Å². The van der Waals surface area contributed by atoms with Crippen LogP contribution in [0.3, 0.4) is 0 Å². The Bertz CT molecular complexity index is 525. The summed E-state index contributed by atoms with van der Waals surface area (Å²) in [5, 5.41) is 1.14. The third-order valence-corrected chi connectivity index (χ3v) is 7.94. The molecule has 4 heteroatoms. The van der Waals surface area contributed by atoms with Crippen LogP contribution in [0.1, 0.15) is 38.5 Å². The van der Waals surface area contributed by atoms with Gasteiger partial charge >= 0.3 is 0 Å². The van der Waals surface area contributed by atoms with Gasteiger partial charge in [-0.15, -0.1) is 11.3 Å². The van der Waals surface area contributed by atoms with E-state index in [-0.39, 0.29) is 0 Å². The monoisotopic (exact) mass is 369 g/mol. The Morgan fingerprint density at radius 3 is 2.60 bits per heavy atom. The highest BCUT2D eigenvalue weighted by molar-refractivity contribution is 9.09. The summed E-state index contributed by atoms with van der Waals surface area (Å²) < 4.78 is 2.54. The van der Waals surface area contributed by atoms with Crippen molar-refractivity contribution in [2.45, 2.75) is 42.9 Å². The van der Waals surface area contributed by atoms with E-state index in [1.807, 2.05) is 23.1 Å². The van der Waals surface area contributed by atoms with Crippen molar-refractivity contribution in [3.63, 3.8) is 0 Å². The molecule has 0 amide bonds. The highest BCUT2D eigenvalue weighted by atomic mass is 79.9. The smallest absolute Gasteiger partial charge is 0.151 e. The van der Waals surface area contributed by atoms with Gasteiger partial charge in [0.05, 0.1) is 10.2 Å². The Morgan fingerprint density at radius 2 is 1.90 bits per heavy atom. The van der Waals surface area contributed by atoms with Gasteiger partial charge in [-0.3, -0.25) is 0 Å². The van der Waals surface area contributed by atoms with Crippen LogP contribution in [0.2, 0.25) is 0 Å². The van der Waals surface area contributed by atoms with E-state index >= 15 is 0 Å². The van der Waals surface area contributed by atoms with Crippen molar-refractivity contribution < 1.29 is 0 Å². The molecule has 2 aromatic rings. The van der Waals surface area contributed by atoms with Gasteiger partial charge in [0.2, 0.25) is 0 Å². The molecule has 1 aliphatic rings. The summed E-state index contributed by atoms with van der Waals surface area (Å²) in [5.74, 6) is 1.21. The van der Waals surface area contributed by atoms with Gasteiger partial charge in [0.25, 0.3) is 0 Å². The number of hydrogen-bond donors (Lipinski definition) is 0. The Morgan fingerprint density at radius 1 is 1.15 bits per heavy atom. The van der Waals surface area contributed by atoms with E-state index in [4.69, 9.17) is 4.98 Å². The summed E-state index contributed by atoms with van der Waals surface area (Å²) in [6, 6.07) is 8.45. The summed E-state index contributed by atoms with van der Waals surface area (Å²) >= 11 is 7.58. The number of fused-ring (bicyclic) bond motifs is 1. The molecule has 0 N–H and O–H groups in total. The third kappa shape index (κ3) is 3.40. The van der Waals surface area contributed by atoms with Gasteiger partial charge in [0.15, 0.2) is 4.34 Å². The van der Waals surface area contributed by atoms with E-state index < -0.39 is 0 Å². The highest BCUT2D eigenvalue weighted by Gasteiger charge is 2.30. The molecule has 20 heavy (non-hydrogen) atoms. The molecule has 0 atom stereocenters. The quantitative estimate of drug-likeness (QED) is 0.365. The largest absolute Gasteiger partial charge is 0.230 e. The molecule has 1 aliphatic carbocycles. The number of thioether (sulfide) groups is 1. The first-order chi connectivity index (χ1) is 9.81. The van der Waals surface area contributed by atoms with Crippen LogP contribution in [0.4, 0.5) is 0 Å². The van der Waals surface area contributed by atoms with Gasteiger partial charge in [-0.2, -0.15) is 0 Å². The molecule has 0 bridgehead atoms. The van der Waals surface area contributed by atoms with Crippen LogP contribution in [0.5, 0.6) is 0 Å². The fourth-order valence-electron chi connectivity index (χ4n) is 2.92.